The molecule has 0 aromatic rings. The summed E-state index contributed by atoms with van der Waals surface area (Å²) in [5.41, 5.74) is -5.24. The lowest BCUT2D eigenvalue weighted by atomic mass is 9.97. The fraction of sp³-hybridized carbons (Fsp3) is 0.941. The van der Waals surface area contributed by atoms with Crippen LogP contribution >= 0.6 is 24.0 Å². The first-order valence-electron chi connectivity index (χ1n) is 9.69. The number of guanidine groups is 1. The van der Waals surface area contributed by atoms with E-state index in [1.54, 1.807) is 7.05 Å². The molecule has 2 N–H and O–H groups in total. The summed E-state index contributed by atoms with van der Waals surface area (Å²) in [4.78, 5) is 4.18. The van der Waals surface area contributed by atoms with Crippen LogP contribution in [0.1, 0.15) is 58.8 Å². The number of piperidine rings is 1. The highest BCUT2D eigenvalue weighted by atomic mass is 127. The fourth-order valence-electron chi connectivity index (χ4n) is 3.27. The van der Waals surface area contributed by atoms with Crippen LogP contribution in [0.3, 0.4) is 0 Å². The van der Waals surface area contributed by atoms with Gasteiger partial charge in [0.05, 0.1) is 0 Å². The lowest BCUT2D eigenvalue weighted by Gasteiger charge is -2.32. The smallest absolute Gasteiger partial charge is 0.356 e. The first-order valence-corrected chi connectivity index (χ1v) is 11.1. The van der Waals surface area contributed by atoms with E-state index in [0.29, 0.717) is 29.0 Å². The maximum Gasteiger partial charge on any atom is 0.511 e. The quantitative estimate of drug-likeness (QED) is 0.265. The second kappa shape index (κ2) is 13.1. The van der Waals surface area contributed by atoms with Gasteiger partial charge in [-0.3, -0.25) is 4.99 Å². The number of halogens is 4. The summed E-state index contributed by atoms with van der Waals surface area (Å²) in [6.07, 6.45) is 6.37. The van der Waals surface area contributed by atoms with Gasteiger partial charge in [-0.1, -0.05) is 33.1 Å². The molecule has 1 rings (SSSR count). The molecule has 0 amide bonds. The highest BCUT2D eigenvalue weighted by Gasteiger charge is 2.50. The van der Waals surface area contributed by atoms with Crippen LogP contribution in [0.15, 0.2) is 4.99 Å². The molecule has 0 spiro atoms. The molecule has 1 atom stereocenters. The Bertz CT molecular complexity index is 565. The molecule has 1 aliphatic heterocycles. The van der Waals surface area contributed by atoms with E-state index in [-0.39, 0.29) is 43.1 Å². The number of rotatable bonds is 9. The van der Waals surface area contributed by atoms with Crippen molar-refractivity contribution in [1.82, 2.24) is 14.9 Å². The summed E-state index contributed by atoms with van der Waals surface area (Å²) in [6.45, 7) is 4.84. The molecule has 0 bridgehead atoms. The van der Waals surface area contributed by atoms with Crippen molar-refractivity contribution >= 4 is 40.0 Å². The summed E-state index contributed by atoms with van der Waals surface area (Å²) >= 11 is 0. The second-order valence-electron chi connectivity index (χ2n) is 7.02. The van der Waals surface area contributed by atoms with Crippen LogP contribution in [-0.4, -0.2) is 56.9 Å². The van der Waals surface area contributed by atoms with Crippen LogP contribution in [0.5, 0.6) is 0 Å². The number of aliphatic imine (C=N–C) groups is 1. The average molecular weight is 542 g/mol. The minimum atomic E-state index is -5.24. The molecule has 0 aromatic carbocycles. The number of nitrogens with zero attached hydrogens (tertiary/aromatic N) is 2. The molecule has 1 unspecified atom stereocenters. The number of sulfonamides is 1. The van der Waals surface area contributed by atoms with Gasteiger partial charge in [-0.15, -0.1) is 24.0 Å². The van der Waals surface area contributed by atoms with E-state index in [4.69, 9.17) is 0 Å². The summed E-state index contributed by atoms with van der Waals surface area (Å²) in [5.74, 6) is 1.18. The lowest BCUT2D eigenvalue weighted by molar-refractivity contribution is -0.0494. The lowest BCUT2D eigenvalue weighted by Crippen LogP contribution is -2.52. The molecule has 0 aliphatic carbocycles. The number of hydrogen-bond acceptors (Lipinski definition) is 3. The highest BCUT2D eigenvalue weighted by molar-refractivity contribution is 14.0. The molecular weight excluding hydrogens is 508 g/mol. The van der Waals surface area contributed by atoms with Crippen molar-refractivity contribution in [2.45, 2.75) is 70.3 Å². The monoisotopic (exact) mass is 542 g/mol. The standard InChI is InChI=1S/C17H33F3N4O2S.HI/c1-4-6-8-14(7-5-2)13-22-16(21-3)23-15-9-11-24(12-10-15)27(25,26)17(18,19)20;/h14-15H,4-13H2,1-3H3,(H2,21,22,23);1H. The van der Waals surface area contributed by atoms with E-state index >= 15 is 0 Å². The molecule has 11 heteroatoms. The minimum Gasteiger partial charge on any atom is -0.356 e. The maximum absolute atomic E-state index is 12.6. The van der Waals surface area contributed by atoms with E-state index in [1.165, 1.54) is 6.42 Å². The molecule has 1 saturated heterocycles. The Kier molecular flexibility index (Phi) is 13.0. The molecule has 168 valence electrons. The number of hydrogen-bond donors (Lipinski definition) is 2. The van der Waals surface area contributed by atoms with E-state index in [0.717, 1.165) is 32.2 Å². The summed E-state index contributed by atoms with van der Waals surface area (Å²) in [7, 11) is -3.58. The van der Waals surface area contributed by atoms with Gasteiger partial charge in [0.25, 0.3) is 0 Å². The summed E-state index contributed by atoms with van der Waals surface area (Å²) in [5, 5.41) is 6.51. The van der Waals surface area contributed by atoms with Crippen LogP contribution in [0.2, 0.25) is 0 Å². The number of unbranched alkanes of at least 4 members (excludes halogenated alkanes) is 1. The molecule has 0 saturated carbocycles. The zero-order chi connectivity index (χ0) is 20.5. The minimum absolute atomic E-state index is 0. The van der Waals surface area contributed by atoms with Gasteiger partial charge in [-0.2, -0.15) is 17.5 Å². The molecule has 1 fully saturated rings. The topological polar surface area (TPSA) is 73.8 Å². The molecule has 28 heavy (non-hydrogen) atoms. The maximum atomic E-state index is 12.6. The third-order valence-corrected chi connectivity index (χ3v) is 6.50. The predicted octanol–water partition coefficient (Wildman–Crippen LogP) is 3.69. The Balaban J connectivity index is 0.00000729. The first kappa shape index (κ1) is 27.7. The Morgan fingerprint density at radius 2 is 1.79 bits per heavy atom. The highest BCUT2D eigenvalue weighted by Crippen LogP contribution is 2.28. The SMILES string of the molecule is CCCCC(CCC)CNC(=NC)NC1CCN(S(=O)(=O)C(F)(F)F)CC1.I. The van der Waals surface area contributed by atoms with Gasteiger partial charge in [0.15, 0.2) is 5.96 Å². The summed E-state index contributed by atoms with van der Waals surface area (Å²) in [6, 6.07) is -0.101. The van der Waals surface area contributed by atoms with Crippen molar-refractivity contribution in [3.8, 4) is 0 Å². The normalized spacial score (nSPS) is 18.4. The zero-order valence-electron chi connectivity index (χ0n) is 16.9. The van der Waals surface area contributed by atoms with Gasteiger partial charge in [-0.05, 0) is 31.6 Å². The predicted molar refractivity (Wildman–Crippen MR) is 117 cm³/mol. The van der Waals surface area contributed by atoms with Gasteiger partial charge in [0.1, 0.15) is 0 Å². The number of nitrogens with one attached hydrogen (secondary N) is 2. The van der Waals surface area contributed by atoms with Gasteiger partial charge in [0.2, 0.25) is 0 Å². The van der Waals surface area contributed by atoms with Gasteiger partial charge in [-0.25, -0.2) is 8.42 Å². The molecule has 1 aliphatic rings. The number of alkyl halides is 3. The van der Waals surface area contributed by atoms with Gasteiger partial charge >= 0.3 is 15.5 Å². The van der Waals surface area contributed by atoms with Gasteiger partial charge in [0, 0.05) is 32.7 Å². The molecule has 0 aromatic heterocycles. The Hall–Kier alpha value is -0.300. The van der Waals surface area contributed by atoms with Crippen LogP contribution in [0.25, 0.3) is 0 Å². The van der Waals surface area contributed by atoms with Crippen LogP contribution < -0.4 is 10.6 Å². The summed E-state index contributed by atoms with van der Waals surface area (Å²) < 4.78 is 61.3. The Labute approximate surface area is 184 Å². The molecule has 6 nitrogen and oxygen atoms in total. The second-order valence-corrected chi connectivity index (χ2v) is 8.95. The van der Waals surface area contributed by atoms with Crippen molar-refractivity contribution in [2.24, 2.45) is 10.9 Å². The van der Waals surface area contributed by atoms with Crippen molar-refractivity contribution in [3.63, 3.8) is 0 Å². The molecule has 1 heterocycles. The van der Waals surface area contributed by atoms with Crippen molar-refractivity contribution in [2.75, 3.05) is 26.7 Å². The Morgan fingerprint density at radius 1 is 1.18 bits per heavy atom. The Morgan fingerprint density at radius 3 is 2.25 bits per heavy atom. The van der Waals surface area contributed by atoms with E-state index in [9.17, 15) is 21.6 Å². The van der Waals surface area contributed by atoms with Crippen molar-refractivity contribution in [1.29, 1.82) is 0 Å². The fourth-order valence-corrected chi connectivity index (χ4v) is 4.25. The van der Waals surface area contributed by atoms with E-state index in [2.05, 4.69) is 29.5 Å². The third kappa shape index (κ3) is 8.60. The third-order valence-electron chi connectivity index (χ3n) is 4.87. The first-order chi connectivity index (χ1) is 12.7. The zero-order valence-corrected chi connectivity index (χ0v) is 20.0. The van der Waals surface area contributed by atoms with Crippen molar-refractivity contribution < 1.29 is 21.6 Å². The van der Waals surface area contributed by atoms with E-state index < -0.39 is 15.5 Å². The van der Waals surface area contributed by atoms with Crippen molar-refractivity contribution in [3.05, 3.63) is 0 Å². The van der Waals surface area contributed by atoms with Crippen LogP contribution in [0.4, 0.5) is 13.2 Å². The van der Waals surface area contributed by atoms with Gasteiger partial charge < -0.3 is 10.6 Å². The van der Waals surface area contributed by atoms with E-state index in [1.807, 2.05) is 0 Å². The van der Waals surface area contributed by atoms with Crippen LogP contribution in [0, 0.1) is 5.92 Å². The average Bonchev–Trinajstić information content (AvgIpc) is 2.62. The largest absolute Gasteiger partial charge is 0.511 e. The molecular formula is C17H34F3IN4O2S. The van der Waals surface area contributed by atoms with Crippen LogP contribution in [-0.2, 0) is 10.0 Å². The molecule has 0 radical (unpaired) electrons.